The van der Waals surface area contributed by atoms with Crippen molar-refractivity contribution in [1.29, 1.82) is 0 Å². The number of amides is 1. The Morgan fingerprint density at radius 2 is 1.57 bits per heavy atom. The van der Waals surface area contributed by atoms with Gasteiger partial charge in [-0.2, -0.15) is 0 Å². The molecule has 6 heteroatoms. The third-order valence-electron chi connectivity index (χ3n) is 5.20. The maximum Gasteiger partial charge on any atom is 0.222 e. The fourth-order valence-corrected chi connectivity index (χ4v) is 4.00. The summed E-state index contributed by atoms with van der Waals surface area (Å²) in [5.74, 6) is 0.929. The van der Waals surface area contributed by atoms with Crippen LogP contribution in [0.3, 0.4) is 0 Å². The fraction of sp³-hybridized carbons (Fsp3) is 0.375. The topological polar surface area (TPSA) is 44.5 Å². The number of thioether (sulfide) groups is 1. The van der Waals surface area contributed by atoms with Crippen molar-refractivity contribution in [2.75, 3.05) is 36.8 Å². The van der Waals surface area contributed by atoms with Gasteiger partial charge >= 0.3 is 0 Å². The lowest BCUT2D eigenvalue weighted by atomic mass is 10.1. The second-order valence-corrected chi connectivity index (χ2v) is 8.81. The summed E-state index contributed by atoms with van der Waals surface area (Å²) in [6.07, 6.45) is 9.62. The number of carbonyl (C=O) groups is 2. The van der Waals surface area contributed by atoms with Crippen LogP contribution in [0.1, 0.15) is 30.9 Å². The summed E-state index contributed by atoms with van der Waals surface area (Å²) in [4.78, 5) is 27.6. The number of nitrogens with zero attached hydrogens (tertiary/aromatic N) is 3. The standard InChI is InChI=1S/C24H30N3O2S/c1-20(28)30-19-3-4-24(29)27-17-15-26(16-18-27)23-9-7-21(8-10-23)5-6-22-11-13-25(2)14-12-22/h5-14H,3-4,15-19H2,1-2H3/q+1. The van der Waals surface area contributed by atoms with E-state index in [9.17, 15) is 9.59 Å². The van der Waals surface area contributed by atoms with Gasteiger partial charge in [0.2, 0.25) is 5.91 Å². The minimum absolute atomic E-state index is 0.117. The van der Waals surface area contributed by atoms with Crippen molar-refractivity contribution in [1.82, 2.24) is 4.90 Å². The number of piperazine rings is 1. The summed E-state index contributed by atoms with van der Waals surface area (Å²) in [6, 6.07) is 12.8. The van der Waals surface area contributed by atoms with E-state index in [0.717, 1.165) is 38.4 Å². The van der Waals surface area contributed by atoms with E-state index in [1.807, 2.05) is 28.9 Å². The zero-order valence-electron chi connectivity index (χ0n) is 17.8. The molecule has 0 unspecified atom stereocenters. The number of carbonyl (C=O) groups excluding carboxylic acids is 2. The van der Waals surface area contributed by atoms with Gasteiger partial charge in [0.25, 0.3) is 0 Å². The second kappa shape index (κ2) is 11.0. The van der Waals surface area contributed by atoms with Crippen molar-refractivity contribution in [3.63, 3.8) is 0 Å². The molecule has 5 nitrogen and oxygen atoms in total. The predicted octanol–water partition coefficient (Wildman–Crippen LogP) is 3.39. The molecule has 1 saturated heterocycles. The molecule has 3 rings (SSSR count). The average molecular weight is 425 g/mol. The molecule has 30 heavy (non-hydrogen) atoms. The normalized spacial score (nSPS) is 14.3. The van der Waals surface area contributed by atoms with E-state index in [2.05, 4.69) is 53.5 Å². The predicted molar refractivity (Wildman–Crippen MR) is 124 cm³/mol. The molecule has 1 aliphatic rings. The molecule has 1 aromatic carbocycles. The van der Waals surface area contributed by atoms with Crippen molar-refractivity contribution < 1.29 is 14.2 Å². The van der Waals surface area contributed by atoms with Crippen LogP contribution >= 0.6 is 11.8 Å². The number of aromatic nitrogens is 1. The Hall–Kier alpha value is -2.60. The molecule has 0 atom stereocenters. The van der Waals surface area contributed by atoms with Crippen LogP contribution in [0.25, 0.3) is 12.2 Å². The monoisotopic (exact) mass is 424 g/mol. The van der Waals surface area contributed by atoms with Crippen LogP contribution in [0, 0.1) is 0 Å². The van der Waals surface area contributed by atoms with Gasteiger partial charge in [-0.25, -0.2) is 4.57 Å². The number of anilines is 1. The highest BCUT2D eigenvalue weighted by Gasteiger charge is 2.20. The maximum absolute atomic E-state index is 12.3. The van der Waals surface area contributed by atoms with E-state index in [0.29, 0.717) is 6.42 Å². The first kappa shape index (κ1) is 22.1. The molecule has 0 radical (unpaired) electrons. The number of pyridine rings is 1. The van der Waals surface area contributed by atoms with E-state index in [1.165, 1.54) is 28.6 Å². The molecular weight excluding hydrogens is 394 g/mol. The molecule has 2 heterocycles. The molecular formula is C24H30N3O2S+. The largest absolute Gasteiger partial charge is 0.368 e. The van der Waals surface area contributed by atoms with E-state index >= 15 is 0 Å². The number of hydrogen-bond donors (Lipinski definition) is 0. The first-order chi connectivity index (χ1) is 14.5. The molecule has 2 aromatic rings. The lowest BCUT2D eigenvalue weighted by molar-refractivity contribution is -0.671. The molecule has 0 N–H and O–H groups in total. The third kappa shape index (κ3) is 6.73. The summed E-state index contributed by atoms with van der Waals surface area (Å²) in [7, 11) is 2.01. The van der Waals surface area contributed by atoms with Crippen LogP contribution in [0.5, 0.6) is 0 Å². The molecule has 0 bridgehead atoms. The summed E-state index contributed by atoms with van der Waals surface area (Å²) in [5.41, 5.74) is 3.55. The Labute approximate surface area is 183 Å². The van der Waals surface area contributed by atoms with Gasteiger partial charge in [0.1, 0.15) is 7.05 Å². The highest BCUT2D eigenvalue weighted by molar-refractivity contribution is 8.13. The molecule has 1 aromatic heterocycles. The molecule has 0 saturated carbocycles. The third-order valence-corrected chi connectivity index (χ3v) is 6.10. The van der Waals surface area contributed by atoms with Crippen LogP contribution in [0.2, 0.25) is 0 Å². The van der Waals surface area contributed by atoms with Gasteiger partial charge < -0.3 is 9.80 Å². The number of aryl methyl sites for hydroxylation is 1. The van der Waals surface area contributed by atoms with Gasteiger partial charge in [-0.3, -0.25) is 9.59 Å². The maximum atomic E-state index is 12.3. The summed E-state index contributed by atoms with van der Waals surface area (Å²) >= 11 is 1.30. The van der Waals surface area contributed by atoms with Crippen LogP contribution in [0.15, 0.2) is 48.8 Å². The van der Waals surface area contributed by atoms with Gasteiger partial charge in [0.05, 0.1) is 0 Å². The van der Waals surface area contributed by atoms with E-state index in [-0.39, 0.29) is 11.0 Å². The van der Waals surface area contributed by atoms with Gasteiger partial charge in [-0.15, -0.1) is 0 Å². The van der Waals surface area contributed by atoms with Gasteiger partial charge in [0, 0.05) is 63.1 Å². The highest BCUT2D eigenvalue weighted by Crippen LogP contribution is 2.19. The minimum Gasteiger partial charge on any atom is -0.368 e. The average Bonchev–Trinajstić information content (AvgIpc) is 2.76. The van der Waals surface area contributed by atoms with Gasteiger partial charge in [0.15, 0.2) is 17.5 Å². The Morgan fingerprint density at radius 3 is 2.17 bits per heavy atom. The van der Waals surface area contributed by atoms with Crippen molar-refractivity contribution >= 4 is 40.6 Å². The van der Waals surface area contributed by atoms with Gasteiger partial charge in [-0.05, 0) is 29.7 Å². The zero-order chi connectivity index (χ0) is 21.3. The SMILES string of the molecule is CC(=O)SCCCC(=O)N1CCN(c2ccc(/C=C/c3cc[n+](C)cc3)cc2)CC1. The van der Waals surface area contributed by atoms with E-state index in [4.69, 9.17) is 0 Å². The molecule has 1 aliphatic heterocycles. The molecule has 0 spiro atoms. The fourth-order valence-electron chi connectivity index (χ4n) is 3.42. The van der Waals surface area contributed by atoms with Crippen molar-refractivity contribution in [2.24, 2.45) is 7.05 Å². The van der Waals surface area contributed by atoms with Crippen LogP contribution in [0.4, 0.5) is 5.69 Å². The Morgan fingerprint density at radius 1 is 0.967 bits per heavy atom. The van der Waals surface area contributed by atoms with E-state index in [1.54, 1.807) is 6.92 Å². The number of rotatable bonds is 7. The van der Waals surface area contributed by atoms with Gasteiger partial charge in [-0.1, -0.05) is 36.0 Å². The van der Waals surface area contributed by atoms with Crippen molar-refractivity contribution in [3.05, 3.63) is 59.9 Å². The minimum atomic E-state index is 0.117. The van der Waals surface area contributed by atoms with E-state index < -0.39 is 0 Å². The van der Waals surface area contributed by atoms with Crippen molar-refractivity contribution in [2.45, 2.75) is 19.8 Å². The lowest BCUT2D eigenvalue weighted by Crippen LogP contribution is -2.48. The Balaban J connectivity index is 1.45. The van der Waals surface area contributed by atoms with Crippen molar-refractivity contribution in [3.8, 4) is 0 Å². The lowest BCUT2D eigenvalue weighted by Gasteiger charge is -2.36. The first-order valence-electron chi connectivity index (χ1n) is 10.4. The van der Waals surface area contributed by atoms with Crippen LogP contribution < -0.4 is 9.47 Å². The first-order valence-corrected chi connectivity index (χ1v) is 11.4. The molecule has 1 amide bonds. The number of hydrogen-bond acceptors (Lipinski definition) is 4. The molecule has 1 fully saturated rings. The Bertz CT molecular complexity index is 870. The summed E-state index contributed by atoms with van der Waals surface area (Å²) in [5, 5.41) is 0.117. The number of benzene rings is 1. The summed E-state index contributed by atoms with van der Waals surface area (Å²) in [6.45, 7) is 4.78. The smallest absolute Gasteiger partial charge is 0.222 e. The zero-order valence-corrected chi connectivity index (χ0v) is 18.6. The highest BCUT2D eigenvalue weighted by atomic mass is 32.2. The molecule has 158 valence electrons. The summed E-state index contributed by atoms with van der Waals surface area (Å²) < 4.78 is 2.02. The quantitative estimate of drug-likeness (QED) is 0.505. The second-order valence-electron chi connectivity index (χ2n) is 7.53. The van der Waals surface area contributed by atoms with Crippen LogP contribution in [-0.4, -0.2) is 47.9 Å². The molecule has 0 aliphatic carbocycles. The van der Waals surface area contributed by atoms with Crippen LogP contribution in [-0.2, 0) is 16.6 Å². The Kier molecular flexibility index (Phi) is 8.08.